The van der Waals surface area contributed by atoms with E-state index in [1.54, 1.807) is 35.1 Å². The van der Waals surface area contributed by atoms with Gasteiger partial charge in [0, 0.05) is 34.3 Å². The minimum Gasteiger partial charge on any atom is -0.287 e. The smallest absolute Gasteiger partial charge is 0.214 e. The van der Waals surface area contributed by atoms with Gasteiger partial charge in [-0.05, 0) is 22.9 Å². The van der Waals surface area contributed by atoms with Crippen molar-refractivity contribution in [3.05, 3.63) is 55.8 Å². The van der Waals surface area contributed by atoms with E-state index in [1.165, 1.54) is 22.7 Å². The number of ketones is 1. The van der Waals surface area contributed by atoms with E-state index in [-0.39, 0.29) is 5.78 Å². The van der Waals surface area contributed by atoms with Gasteiger partial charge in [-0.25, -0.2) is 9.97 Å². The maximum atomic E-state index is 13.0. The van der Waals surface area contributed by atoms with Gasteiger partial charge in [0.25, 0.3) is 0 Å². The summed E-state index contributed by atoms with van der Waals surface area (Å²) in [5.74, 6) is 0.0559. The molecular formula is C15H8N2OS4. The third kappa shape index (κ3) is 2.36. The molecular weight excluding hydrogens is 352 g/mol. The molecule has 0 aromatic carbocycles. The molecule has 0 spiro atoms. The Hall–Kier alpha value is -1.67. The molecule has 0 N–H and O–H groups in total. The summed E-state index contributed by atoms with van der Waals surface area (Å²) in [6.07, 6.45) is 3.52. The Labute approximate surface area is 142 Å². The Kier molecular flexibility index (Phi) is 3.71. The largest absolute Gasteiger partial charge is 0.287 e. The van der Waals surface area contributed by atoms with E-state index < -0.39 is 0 Å². The zero-order valence-corrected chi connectivity index (χ0v) is 14.3. The molecule has 0 saturated heterocycles. The lowest BCUT2D eigenvalue weighted by Gasteiger charge is -2.01. The normalized spacial score (nSPS) is 10.9. The molecule has 0 radical (unpaired) electrons. The quantitative estimate of drug-likeness (QED) is 0.465. The van der Waals surface area contributed by atoms with Crippen molar-refractivity contribution >= 4 is 51.1 Å². The topological polar surface area (TPSA) is 42.9 Å². The Balaban J connectivity index is 1.79. The Morgan fingerprint density at radius 1 is 0.727 bits per heavy atom. The molecule has 4 aromatic heterocycles. The van der Waals surface area contributed by atoms with Gasteiger partial charge in [-0.15, -0.1) is 45.3 Å². The maximum absolute atomic E-state index is 13.0. The summed E-state index contributed by atoms with van der Waals surface area (Å²) in [6.45, 7) is 0. The average Bonchev–Trinajstić information content (AvgIpc) is 3.35. The number of carbonyl (C=O) groups excluding carboxylic acids is 1. The van der Waals surface area contributed by atoms with E-state index in [0.29, 0.717) is 0 Å². The summed E-state index contributed by atoms with van der Waals surface area (Å²) in [5.41, 5.74) is 1.84. The molecule has 7 heteroatoms. The maximum Gasteiger partial charge on any atom is 0.214 e. The summed E-state index contributed by atoms with van der Waals surface area (Å²) < 4.78 is 0. The minimum absolute atomic E-state index is 0.0559. The fourth-order valence-corrected chi connectivity index (χ4v) is 5.34. The molecule has 4 rings (SSSR count). The lowest BCUT2D eigenvalue weighted by molar-refractivity contribution is 0.104. The fourth-order valence-electron chi connectivity index (χ4n) is 2.12. The Morgan fingerprint density at radius 2 is 1.23 bits per heavy atom. The van der Waals surface area contributed by atoms with Crippen molar-refractivity contribution in [2.45, 2.75) is 0 Å². The highest BCUT2D eigenvalue weighted by atomic mass is 32.1. The van der Waals surface area contributed by atoms with E-state index in [1.807, 2.05) is 33.7 Å². The number of aromatic nitrogens is 2. The summed E-state index contributed by atoms with van der Waals surface area (Å²) in [4.78, 5) is 23.1. The van der Waals surface area contributed by atoms with Gasteiger partial charge in [-0.1, -0.05) is 0 Å². The number of rotatable bonds is 4. The van der Waals surface area contributed by atoms with Gasteiger partial charge in [0.15, 0.2) is 0 Å². The van der Waals surface area contributed by atoms with Crippen molar-refractivity contribution in [3.63, 3.8) is 0 Å². The fraction of sp³-hybridized carbons (Fsp3) is 0. The summed E-state index contributed by atoms with van der Waals surface area (Å²) in [6, 6.07) is 3.93. The third-order valence-electron chi connectivity index (χ3n) is 3.07. The molecule has 4 aromatic rings. The SMILES string of the molecule is O=C(c1sccc1-c1nccs1)c1sccc1-c1nccs1. The van der Waals surface area contributed by atoms with Gasteiger partial charge < -0.3 is 0 Å². The van der Waals surface area contributed by atoms with Gasteiger partial charge in [-0.3, -0.25) is 4.79 Å². The molecule has 22 heavy (non-hydrogen) atoms. The molecule has 0 saturated carbocycles. The highest BCUT2D eigenvalue weighted by molar-refractivity contribution is 7.18. The van der Waals surface area contributed by atoms with Crippen LogP contribution in [0.25, 0.3) is 21.1 Å². The van der Waals surface area contributed by atoms with Crippen LogP contribution in [0.2, 0.25) is 0 Å². The number of thiophene rings is 2. The van der Waals surface area contributed by atoms with Crippen LogP contribution in [0.1, 0.15) is 14.5 Å². The zero-order chi connectivity index (χ0) is 14.9. The number of thiazole rings is 2. The van der Waals surface area contributed by atoms with Crippen molar-refractivity contribution < 1.29 is 4.79 Å². The molecule has 0 bridgehead atoms. The second kappa shape index (κ2) is 5.85. The van der Waals surface area contributed by atoms with Gasteiger partial charge >= 0.3 is 0 Å². The van der Waals surface area contributed by atoms with Gasteiger partial charge in [-0.2, -0.15) is 0 Å². The van der Waals surface area contributed by atoms with E-state index >= 15 is 0 Å². The average molecular weight is 361 g/mol. The molecule has 0 atom stereocenters. The number of hydrogen-bond acceptors (Lipinski definition) is 7. The van der Waals surface area contributed by atoms with Crippen LogP contribution in [0.15, 0.2) is 46.0 Å². The summed E-state index contributed by atoms with van der Waals surface area (Å²) in [7, 11) is 0. The van der Waals surface area contributed by atoms with Crippen LogP contribution in [0.5, 0.6) is 0 Å². The van der Waals surface area contributed by atoms with Crippen LogP contribution in [0.3, 0.4) is 0 Å². The van der Waals surface area contributed by atoms with E-state index in [2.05, 4.69) is 9.97 Å². The molecule has 0 fully saturated rings. The number of hydrogen-bond donors (Lipinski definition) is 0. The second-order valence-electron chi connectivity index (χ2n) is 4.33. The van der Waals surface area contributed by atoms with E-state index in [4.69, 9.17) is 0 Å². The first kappa shape index (κ1) is 14.0. The second-order valence-corrected chi connectivity index (χ2v) is 7.95. The first-order valence-electron chi connectivity index (χ1n) is 6.34. The highest BCUT2D eigenvalue weighted by Crippen LogP contribution is 2.36. The molecule has 0 amide bonds. The first-order chi connectivity index (χ1) is 10.8. The Bertz CT molecular complexity index is 829. The van der Waals surface area contributed by atoms with Gasteiger partial charge in [0.05, 0.1) is 9.75 Å². The van der Waals surface area contributed by atoms with Crippen molar-refractivity contribution in [2.75, 3.05) is 0 Å². The molecule has 0 unspecified atom stereocenters. The predicted molar refractivity (Wildman–Crippen MR) is 94.3 cm³/mol. The van der Waals surface area contributed by atoms with Crippen LogP contribution in [0, 0.1) is 0 Å². The molecule has 0 aliphatic heterocycles. The standard InChI is InChI=1S/C15H8N2OS4/c18-11(12-9(1-5-19-12)14-16-3-7-21-14)13-10(2-6-20-13)15-17-4-8-22-15/h1-8H. The zero-order valence-electron chi connectivity index (χ0n) is 11.1. The van der Waals surface area contributed by atoms with Crippen molar-refractivity contribution in [1.29, 1.82) is 0 Å². The van der Waals surface area contributed by atoms with Crippen LogP contribution >= 0.6 is 45.3 Å². The summed E-state index contributed by atoms with van der Waals surface area (Å²) >= 11 is 6.03. The molecule has 0 aliphatic carbocycles. The number of carbonyl (C=O) groups is 1. The summed E-state index contributed by atoms with van der Waals surface area (Å²) in [5, 5.41) is 9.51. The van der Waals surface area contributed by atoms with Crippen LogP contribution < -0.4 is 0 Å². The molecule has 4 heterocycles. The first-order valence-corrected chi connectivity index (χ1v) is 9.86. The minimum atomic E-state index is 0.0559. The van der Waals surface area contributed by atoms with E-state index in [0.717, 1.165) is 30.9 Å². The lowest BCUT2D eigenvalue weighted by atomic mass is 10.1. The lowest BCUT2D eigenvalue weighted by Crippen LogP contribution is -1.99. The van der Waals surface area contributed by atoms with Gasteiger partial charge in [0.1, 0.15) is 10.0 Å². The van der Waals surface area contributed by atoms with E-state index in [9.17, 15) is 4.79 Å². The van der Waals surface area contributed by atoms with Crippen LogP contribution in [0.4, 0.5) is 0 Å². The van der Waals surface area contributed by atoms with Crippen molar-refractivity contribution in [2.24, 2.45) is 0 Å². The Morgan fingerprint density at radius 3 is 1.64 bits per heavy atom. The van der Waals surface area contributed by atoms with Crippen molar-refractivity contribution in [3.8, 4) is 21.1 Å². The van der Waals surface area contributed by atoms with Gasteiger partial charge in [0.2, 0.25) is 5.78 Å². The van der Waals surface area contributed by atoms with Crippen LogP contribution in [-0.2, 0) is 0 Å². The highest BCUT2D eigenvalue weighted by Gasteiger charge is 2.22. The molecule has 0 aliphatic rings. The molecule has 3 nitrogen and oxygen atoms in total. The van der Waals surface area contributed by atoms with Crippen molar-refractivity contribution in [1.82, 2.24) is 9.97 Å². The third-order valence-corrected chi connectivity index (χ3v) is 6.51. The monoisotopic (exact) mass is 360 g/mol. The molecule has 108 valence electrons. The number of nitrogens with zero attached hydrogens (tertiary/aromatic N) is 2. The predicted octanol–water partition coefficient (Wildman–Crippen LogP) is 5.29. The van der Waals surface area contributed by atoms with Crippen LogP contribution in [-0.4, -0.2) is 15.8 Å².